The number of nitrogens with zero attached hydrogens (tertiary/aromatic N) is 1. The van der Waals surface area contributed by atoms with Gasteiger partial charge in [-0.05, 0) is 48.2 Å². The predicted octanol–water partition coefficient (Wildman–Crippen LogP) is 4.08. The highest BCUT2D eigenvalue weighted by atomic mass is 16.5. The van der Waals surface area contributed by atoms with Gasteiger partial charge in [0.2, 0.25) is 11.8 Å². The highest BCUT2D eigenvalue weighted by molar-refractivity contribution is 5.93. The lowest BCUT2D eigenvalue weighted by molar-refractivity contribution is -0.124. The molecule has 6 heteroatoms. The van der Waals surface area contributed by atoms with Gasteiger partial charge in [0, 0.05) is 18.5 Å². The predicted molar refractivity (Wildman–Crippen MR) is 112 cm³/mol. The Labute approximate surface area is 166 Å². The van der Waals surface area contributed by atoms with Crippen LogP contribution in [0.1, 0.15) is 50.7 Å². The minimum absolute atomic E-state index is 0.0620. The third-order valence-electron chi connectivity index (χ3n) is 4.03. The summed E-state index contributed by atoms with van der Waals surface area (Å²) in [5.74, 6) is 0.681. The first-order valence-electron chi connectivity index (χ1n) is 9.42. The van der Waals surface area contributed by atoms with Gasteiger partial charge in [-0.1, -0.05) is 38.1 Å². The molecule has 28 heavy (non-hydrogen) atoms. The van der Waals surface area contributed by atoms with Crippen molar-refractivity contribution in [2.24, 2.45) is 5.10 Å². The van der Waals surface area contributed by atoms with Crippen LogP contribution in [0.15, 0.2) is 53.6 Å². The van der Waals surface area contributed by atoms with Gasteiger partial charge in [-0.3, -0.25) is 9.59 Å². The van der Waals surface area contributed by atoms with Crippen molar-refractivity contribution in [3.63, 3.8) is 0 Å². The second kappa shape index (κ2) is 10.9. The Bertz CT molecular complexity index is 797. The molecule has 2 aromatic rings. The average molecular weight is 381 g/mol. The Morgan fingerprint density at radius 3 is 2.25 bits per heavy atom. The number of carbonyl (C=O) groups is 2. The molecular formula is C22H27N3O3. The van der Waals surface area contributed by atoms with E-state index in [-0.39, 0.29) is 24.7 Å². The van der Waals surface area contributed by atoms with Crippen LogP contribution in [0.4, 0.5) is 5.69 Å². The highest BCUT2D eigenvalue weighted by Crippen LogP contribution is 2.16. The zero-order valence-electron chi connectivity index (χ0n) is 16.6. The van der Waals surface area contributed by atoms with Gasteiger partial charge < -0.3 is 10.1 Å². The molecule has 148 valence electrons. The summed E-state index contributed by atoms with van der Waals surface area (Å²) < 4.78 is 5.35. The van der Waals surface area contributed by atoms with E-state index in [1.54, 1.807) is 30.5 Å². The SMILES string of the molecule is CCOc1ccc(NC(=O)CCC(=O)N/N=C/c2ccc(C(C)C)cc2)cc1. The summed E-state index contributed by atoms with van der Waals surface area (Å²) in [6.07, 6.45) is 1.73. The molecule has 0 heterocycles. The van der Waals surface area contributed by atoms with E-state index < -0.39 is 0 Å². The molecule has 0 fully saturated rings. The van der Waals surface area contributed by atoms with E-state index in [9.17, 15) is 9.59 Å². The van der Waals surface area contributed by atoms with Crippen molar-refractivity contribution in [3.8, 4) is 5.75 Å². The van der Waals surface area contributed by atoms with Crippen LogP contribution in [0.5, 0.6) is 5.75 Å². The van der Waals surface area contributed by atoms with Crippen LogP contribution in [0.2, 0.25) is 0 Å². The van der Waals surface area contributed by atoms with Crippen molar-refractivity contribution in [3.05, 3.63) is 59.7 Å². The van der Waals surface area contributed by atoms with E-state index in [2.05, 4.69) is 29.7 Å². The number of ether oxygens (including phenoxy) is 1. The Morgan fingerprint density at radius 1 is 1.00 bits per heavy atom. The standard InChI is InChI=1S/C22H27N3O3/c1-4-28-20-11-9-19(10-12-20)24-21(26)13-14-22(27)25-23-15-17-5-7-18(8-6-17)16(2)3/h5-12,15-16H,4,13-14H2,1-3H3,(H,24,26)(H,25,27)/b23-15+. The van der Waals surface area contributed by atoms with Crippen molar-refractivity contribution in [1.82, 2.24) is 5.43 Å². The number of hydrogen-bond donors (Lipinski definition) is 2. The molecule has 2 aromatic carbocycles. The van der Waals surface area contributed by atoms with Crippen molar-refractivity contribution < 1.29 is 14.3 Å². The maximum atomic E-state index is 11.9. The van der Waals surface area contributed by atoms with Crippen LogP contribution in [-0.2, 0) is 9.59 Å². The first kappa shape index (κ1) is 21.2. The van der Waals surface area contributed by atoms with Crippen molar-refractivity contribution >= 4 is 23.7 Å². The molecule has 0 radical (unpaired) electrons. The third kappa shape index (κ3) is 7.23. The number of rotatable bonds is 9. The lowest BCUT2D eigenvalue weighted by Crippen LogP contribution is -2.20. The molecule has 0 atom stereocenters. The molecule has 0 saturated carbocycles. The van der Waals surface area contributed by atoms with E-state index in [0.717, 1.165) is 11.3 Å². The normalized spacial score (nSPS) is 10.9. The van der Waals surface area contributed by atoms with E-state index in [4.69, 9.17) is 4.74 Å². The third-order valence-corrected chi connectivity index (χ3v) is 4.03. The molecule has 0 aliphatic rings. The molecule has 6 nitrogen and oxygen atoms in total. The second-order valence-corrected chi connectivity index (χ2v) is 6.62. The molecule has 0 aromatic heterocycles. The van der Waals surface area contributed by atoms with Crippen LogP contribution in [0, 0.1) is 0 Å². The number of nitrogens with one attached hydrogen (secondary N) is 2. The molecule has 2 rings (SSSR count). The molecule has 0 saturated heterocycles. The quantitative estimate of drug-likeness (QED) is 0.507. The lowest BCUT2D eigenvalue weighted by atomic mass is 10.0. The van der Waals surface area contributed by atoms with Crippen LogP contribution < -0.4 is 15.5 Å². The molecule has 2 amide bonds. The molecule has 0 spiro atoms. The zero-order valence-corrected chi connectivity index (χ0v) is 16.6. The summed E-state index contributed by atoms with van der Waals surface area (Å²) in [5.41, 5.74) is 5.26. The number of anilines is 1. The maximum Gasteiger partial charge on any atom is 0.240 e. The van der Waals surface area contributed by atoms with Crippen LogP contribution in [0.25, 0.3) is 0 Å². The molecule has 0 bridgehead atoms. The van der Waals surface area contributed by atoms with Crippen molar-refractivity contribution in [1.29, 1.82) is 0 Å². The molecular weight excluding hydrogens is 354 g/mol. The van der Waals surface area contributed by atoms with Crippen molar-refractivity contribution in [2.45, 2.75) is 39.5 Å². The van der Waals surface area contributed by atoms with Gasteiger partial charge in [-0.15, -0.1) is 0 Å². The van der Waals surface area contributed by atoms with Gasteiger partial charge in [-0.25, -0.2) is 5.43 Å². The van der Waals surface area contributed by atoms with E-state index in [1.807, 2.05) is 31.2 Å². The van der Waals surface area contributed by atoms with Crippen LogP contribution in [0.3, 0.4) is 0 Å². The first-order valence-corrected chi connectivity index (χ1v) is 9.42. The van der Waals surface area contributed by atoms with Gasteiger partial charge in [0.05, 0.1) is 12.8 Å². The van der Waals surface area contributed by atoms with Crippen molar-refractivity contribution in [2.75, 3.05) is 11.9 Å². The maximum absolute atomic E-state index is 11.9. The summed E-state index contributed by atoms with van der Waals surface area (Å²) in [6, 6.07) is 15.1. The molecule has 0 aliphatic carbocycles. The molecule has 2 N–H and O–H groups in total. The lowest BCUT2D eigenvalue weighted by Gasteiger charge is -2.07. The van der Waals surface area contributed by atoms with Gasteiger partial charge in [-0.2, -0.15) is 5.10 Å². The number of amides is 2. The Balaban J connectivity index is 1.71. The Morgan fingerprint density at radius 2 is 1.64 bits per heavy atom. The topological polar surface area (TPSA) is 79.8 Å². The van der Waals surface area contributed by atoms with Gasteiger partial charge in [0.15, 0.2) is 0 Å². The van der Waals surface area contributed by atoms with E-state index >= 15 is 0 Å². The van der Waals surface area contributed by atoms with E-state index in [0.29, 0.717) is 18.2 Å². The summed E-state index contributed by atoms with van der Waals surface area (Å²) in [7, 11) is 0. The minimum atomic E-state index is -0.308. The summed E-state index contributed by atoms with van der Waals surface area (Å²) in [6.45, 7) is 6.77. The van der Waals surface area contributed by atoms with Gasteiger partial charge in [0.25, 0.3) is 0 Å². The summed E-state index contributed by atoms with van der Waals surface area (Å²) in [4.78, 5) is 23.8. The Hall–Kier alpha value is -3.15. The minimum Gasteiger partial charge on any atom is -0.494 e. The number of hydrazone groups is 1. The number of benzene rings is 2. The Kier molecular flexibility index (Phi) is 8.21. The fourth-order valence-electron chi connectivity index (χ4n) is 2.45. The number of carbonyl (C=O) groups excluding carboxylic acids is 2. The van der Waals surface area contributed by atoms with Crippen LogP contribution in [-0.4, -0.2) is 24.6 Å². The van der Waals surface area contributed by atoms with Gasteiger partial charge in [0.1, 0.15) is 5.75 Å². The fourth-order valence-corrected chi connectivity index (χ4v) is 2.45. The molecule has 0 aliphatic heterocycles. The summed E-state index contributed by atoms with van der Waals surface area (Å²) >= 11 is 0. The zero-order chi connectivity index (χ0) is 20.4. The van der Waals surface area contributed by atoms with E-state index in [1.165, 1.54) is 5.56 Å². The second-order valence-electron chi connectivity index (χ2n) is 6.62. The largest absolute Gasteiger partial charge is 0.494 e. The average Bonchev–Trinajstić information content (AvgIpc) is 2.68. The van der Waals surface area contributed by atoms with Crippen LogP contribution >= 0.6 is 0 Å². The fraction of sp³-hybridized carbons (Fsp3) is 0.318. The summed E-state index contributed by atoms with van der Waals surface area (Å²) in [5, 5.41) is 6.68. The first-order chi connectivity index (χ1) is 13.5. The highest BCUT2D eigenvalue weighted by Gasteiger charge is 2.07. The smallest absolute Gasteiger partial charge is 0.240 e. The number of hydrogen-bond acceptors (Lipinski definition) is 4. The van der Waals surface area contributed by atoms with Gasteiger partial charge >= 0.3 is 0 Å². The molecule has 0 unspecified atom stereocenters. The monoisotopic (exact) mass is 381 g/mol.